The Hall–Kier alpha value is -1.49. The van der Waals surface area contributed by atoms with Crippen molar-refractivity contribution in [2.24, 2.45) is 0 Å². The number of hydrogen-bond acceptors (Lipinski definition) is 4. The quantitative estimate of drug-likeness (QED) is 0.764. The summed E-state index contributed by atoms with van der Waals surface area (Å²) in [5.41, 5.74) is 0. The van der Waals surface area contributed by atoms with Crippen molar-refractivity contribution in [2.45, 2.75) is 4.90 Å². The zero-order chi connectivity index (χ0) is 13.9. The molecule has 2 rings (SSSR count). The van der Waals surface area contributed by atoms with Crippen LogP contribution in [-0.2, 0) is 10.0 Å². The summed E-state index contributed by atoms with van der Waals surface area (Å²) in [6.45, 7) is 2.08. The van der Waals surface area contributed by atoms with Crippen LogP contribution >= 0.6 is 0 Å². The van der Waals surface area contributed by atoms with Gasteiger partial charge in [-0.05, 0) is 24.3 Å². The fraction of sp³-hybridized carbons (Fsp3) is 0.417. The summed E-state index contributed by atoms with van der Waals surface area (Å²) in [5.74, 6) is -0.460. The van der Waals surface area contributed by atoms with E-state index in [1.165, 1.54) is 16.4 Å². The molecule has 1 heterocycles. The second kappa shape index (κ2) is 5.65. The number of piperazine rings is 1. The molecule has 0 amide bonds. The lowest BCUT2D eigenvalue weighted by molar-refractivity contribution is 0.206. The zero-order valence-electron chi connectivity index (χ0n) is 10.3. The number of benzene rings is 1. The monoisotopic (exact) mass is 283 g/mol. The molecule has 0 saturated carbocycles. The summed E-state index contributed by atoms with van der Waals surface area (Å²) in [6.07, 6.45) is 0. The first-order valence-electron chi connectivity index (χ1n) is 5.89. The van der Waals surface area contributed by atoms with Gasteiger partial charge in [0, 0.05) is 26.2 Å². The molecule has 1 saturated heterocycles. The Bertz CT molecular complexity index is 572. The van der Waals surface area contributed by atoms with Crippen LogP contribution in [0.4, 0.5) is 4.39 Å². The first kappa shape index (κ1) is 13.9. The molecule has 1 aromatic rings. The molecule has 1 fully saturated rings. The molecule has 0 spiro atoms. The van der Waals surface area contributed by atoms with Crippen molar-refractivity contribution in [3.05, 3.63) is 30.1 Å². The van der Waals surface area contributed by atoms with Crippen molar-refractivity contribution in [1.29, 1.82) is 5.26 Å². The van der Waals surface area contributed by atoms with Crippen LogP contribution in [0, 0.1) is 17.1 Å². The van der Waals surface area contributed by atoms with Crippen LogP contribution in [0.1, 0.15) is 0 Å². The van der Waals surface area contributed by atoms with Gasteiger partial charge in [-0.1, -0.05) is 0 Å². The molecule has 19 heavy (non-hydrogen) atoms. The number of rotatable bonds is 3. The first-order chi connectivity index (χ1) is 9.04. The van der Waals surface area contributed by atoms with Crippen LogP contribution in [0.15, 0.2) is 29.2 Å². The van der Waals surface area contributed by atoms with Gasteiger partial charge in [-0.2, -0.15) is 9.57 Å². The van der Waals surface area contributed by atoms with Crippen LogP contribution < -0.4 is 0 Å². The lowest BCUT2D eigenvalue weighted by Gasteiger charge is -2.32. The number of sulfonamides is 1. The van der Waals surface area contributed by atoms with E-state index in [-0.39, 0.29) is 4.90 Å². The Kier molecular flexibility index (Phi) is 4.14. The molecule has 0 bridgehead atoms. The maximum Gasteiger partial charge on any atom is 0.243 e. The van der Waals surface area contributed by atoms with Gasteiger partial charge in [0.2, 0.25) is 10.0 Å². The van der Waals surface area contributed by atoms with Crippen molar-refractivity contribution in [1.82, 2.24) is 9.21 Å². The average Bonchev–Trinajstić information content (AvgIpc) is 2.40. The third kappa shape index (κ3) is 3.10. The minimum Gasteiger partial charge on any atom is -0.288 e. The molecule has 0 radical (unpaired) electrons. The topological polar surface area (TPSA) is 64.4 Å². The van der Waals surface area contributed by atoms with Gasteiger partial charge in [-0.3, -0.25) is 4.90 Å². The zero-order valence-corrected chi connectivity index (χ0v) is 11.1. The van der Waals surface area contributed by atoms with Gasteiger partial charge >= 0.3 is 0 Å². The average molecular weight is 283 g/mol. The normalized spacial score (nSPS) is 18.1. The largest absolute Gasteiger partial charge is 0.288 e. The highest BCUT2D eigenvalue weighted by molar-refractivity contribution is 7.89. The van der Waals surface area contributed by atoms with E-state index < -0.39 is 15.8 Å². The fourth-order valence-corrected chi connectivity index (χ4v) is 3.41. The molecule has 1 aliphatic rings. The van der Waals surface area contributed by atoms with Gasteiger partial charge in [-0.25, -0.2) is 12.8 Å². The van der Waals surface area contributed by atoms with E-state index in [1.807, 2.05) is 11.0 Å². The molecule has 7 heteroatoms. The number of halogens is 1. The molecule has 0 unspecified atom stereocenters. The minimum absolute atomic E-state index is 0.0997. The van der Waals surface area contributed by atoms with E-state index in [2.05, 4.69) is 0 Å². The molecule has 0 N–H and O–H groups in total. The van der Waals surface area contributed by atoms with E-state index in [9.17, 15) is 12.8 Å². The van der Waals surface area contributed by atoms with Crippen molar-refractivity contribution in [3.63, 3.8) is 0 Å². The Balaban J connectivity index is 2.10. The van der Waals surface area contributed by atoms with Gasteiger partial charge < -0.3 is 0 Å². The standard InChI is InChI=1S/C12H14FN3O2S/c13-11-1-3-12(4-2-11)19(17,18)16-9-7-15(6-5-14)8-10-16/h1-4H,6-10H2. The van der Waals surface area contributed by atoms with Crippen LogP contribution in [0.5, 0.6) is 0 Å². The van der Waals surface area contributed by atoms with Crippen LogP contribution in [0.3, 0.4) is 0 Å². The number of hydrogen-bond donors (Lipinski definition) is 0. The lowest BCUT2D eigenvalue weighted by atomic mass is 10.3. The lowest BCUT2D eigenvalue weighted by Crippen LogP contribution is -2.48. The van der Waals surface area contributed by atoms with Gasteiger partial charge in [0.25, 0.3) is 0 Å². The maximum atomic E-state index is 12.8. The van der Waals surface area contributed by atoms with E-state index in [0.717, 1.165) is 12.1 Å². The molecule has 1 aliphatic heterocycles. The van der Waals surface area contributed by atoms with Crippen LogP contribution in [0.25, 0.3) is 0 Å². The maximum absolute atomic E-state index is 12.8. The summed E-state index contributed by atoms with van der Waals surface area (Å²) < 4.78 is 38.7. The Labute approximate surface area is 111 Å². The first-order valence-corrected chi connectivity index (χ1v) is 7.33. The summed E-state index contributed by atoms with van der Waals surface area (Å²) in [5, 5.41) is 8.59. The van der Waals surface area contributed by atoms with Crippen molar-refractivity contribution in [3.8, 4) is 6.07 Å². The Morgan fingerprint density at radius 1 is 1.16 bits per heavy atom. The third-order valence-corrected chi connectivity index (χ3v) is 4.99. The molecule has 0 aromatic heterocycles. The van der Waals surface area contributed by atoms with Gasteiger partial charge in [-0.15, -0.1) is 0 Å². The van der Waals surface area contributed by atoms with E-state index in [1.54, 1.807) is 0 Å². The van der Waals surface area contributed by atoms with Crippen LogP contribution in [0.2, 0.25) is 0 Å². The molecule has 5 nitrogen and oxygen atoms in total. The van der Waals surface area contributed by atoms with Crippen molar-refractivity contribution >= 4 is 10.0 Å². The summed E-state index contributed by atoms with van der Waals surface area (Å²) in [7, 11) is -3.56. The molecule has 0 atom stereocenters. The highest BCUT2D eigenvalue weighted by atomic mass is 32.2. The van der Waals surface area contributed by atoms with E-state index in [4.69, 9.17) is 5.26 Å². The predicted octanol–water partition coefficient (Wildman–Crippen LogP) is 0.656. The van der Waals surface area contributed by atoms with Crippen LogP contribution in [-0.4, -0.2) is 50.3 Å². The Morgan fingerprint density at radius 3 is 2.26 bits per heavy atom. The smallest absolute Gasteiger partial charge is 0.243 e. The molecular weight excluding hydrogens is 269 g/mol. The van der Waals surface area contributed by atoms with Gasteiger partial charge in [0.05, 0.1) is 17.5 Å². The van der Waals surface area contributed by atoms with E-state index >= 15 is 0 Å². The SMILES string of the molecule is N#CCN1CCN(S(=O)(=O)c2ccc(F)cc2)CC1. The van der Waals surface area contributed by atoms with Gasteiger partial charge in [0.1, 0.15) is 5.82 Å². The molecular formula is C12H14FN3O2S. The molecule has 1 aromatic carbocycles. The molecule has 102 valence electrons. The number of nitrogens with zero attached hydrogens (tertiary/aromatic N) is 3. The summed E-state index contributed by atoms with van der Waals surface area (Å²) >= 11 is 0. The molecule has 0 aliphatic carbocycles. The van der Waals surface area contributed by atoms with Gasteiger partial charge in [0.15, 0.2) is 0 Å². The second-order valence-electron chi connectivity index (χ2n) is 4.29. The van der Waals surface area contributed by atoms with Crippen molar-refractivity contribution < 1.29 is 12.8 Å². The highest BCUT2D eigenvalue weighted by Crippen LogP contribution is 2.17. The van der Waals surface area contributed by atoms with E-state index in [0.29, 0.717) is 32.7 Å². The predicted molar refractivity (Wildman–Crippen MR) is 67.2 cm³/mol. The summed E-state index contributed by atoms with van der Waals surface area (Å²) in [4.78, 5) is 2.00. The second-order valence-corrected chi connectivity index (χ2v) is 6.23. The highest BCUT2D eigenvalue weighted by Gasteiger charge is 2.28. The Morgan fingerprint density at radius 2 is 1.74 bits per heavy atom. The number of nitriles is 1. The fourth-order valence-electron chi connectivity index (χ4n) is 1.98. The summed E-state index contributed by atoms with van der Waals surface area (Å²) in [6, 6.07) is 6.86. The minimum atomic E-state index is -3.56. The third-order valence-electron chi connectivity index (χ3n) is 3.08. The van der Waals surface area contributed by atoms with Crippen molar-refractivity contribution in [2.75, 3.05) is 32.7 Å².